The lowest BCUT2D eigenvalue weighted by atomic mass is 10.4. The van der Waals surface area contributed by atoms with Crippen molar-refractivity contribution in [3.8, 4) is 0 Å². The summed E-state index contributed by atoms with van der Waals surface area (Å²) in [5.74, 6) is 0. The van der Waals surface area contributed by atoms with Gasteiger partial charge in [0.05, 0.1) is 10.9 Å². The SMILES string of the molecule is CCn1cc(S(=O)(=O)NC(C)c2nccs2)cc1CNC. The molecule has 2 aromatic rings. The Morgan fingerprint density at radius 2 is 2.24 bits per heavy atom. The highest BCUT2D eigenvalue weighted by atomic mass is 32.2. The standard InChI is InChI=1S/C13H20N4O2S2/c1-4-17-9-12(7-11(17)8-14-3)21(18,19)16-10(2)13-15-5-6-20-13/h5-7,9-10,14,16H,4,8H2,1-3H3. The van der Waals surface area contributed by atoms with Crippen LogP contribution in [0.5, 0.6) is 0 Å². The molecular formula is C13H20N4O2S2. The zero-order valence-corrected chi connectivity index (χ0v) is 14.0. The van der Waals surface area contributed by atoms with Crippen molar-refractivity contribution in [2.24, 2.45) is 0 Å². The van der Waals surface area contributed by atoms with Crippen LogP contribution < -0.4 is 10.0 Å². The van der Waals surface area contributed by atoms with Crippen molar-refractivity contribution >= 4 is 21.4 Å². The van der Waals surface area contributed by atoms with Crippen molar-refractivity contribution in [2.75, 3.05) is 7.05 Å². The van der Waals surface area contributed by atoms with E-state index in [0.717, 1.165) is 17.2 Å². The van der Waals surface area contributed by atoms with Crippen LogP contribution in [0.1, 0.15) is 30.6 Å². The maximum Gasteiger partial charge on any atom is 0.242 e. The fraction of sp³-hybridized carbons (Fsp3) is 0.462. The first kappa shape index (κ1) is 16.2. The number of thiazole rings is 1. The van der Waals surface area contributed by atoms with Gasteiger partial charge < -0.3 is 9.88 Å². The summed E-state index contributed by atoms with van der Waals surface area (Å²) in [6.45, 7) is 5.14. The van der Waals surface area contributed by atoms with Gasteiger partial charge in [0.2, 0.25) is 10.0 Å². The molecule has 0 saturated heterocycles. The molecule has 6 nitrogen and oxygen atoms in total. The number of aromatic nitrogens is 2. The van der Waals surface area contributed by atoms with Gasteiger partial charge >= 0.3 is 0 Å². The Kier molecular flexibility index (Phi) is 5.15. The maximum atomic E-state index is 12.5. The lowest BCUT2D eigenvalue weighted by Crippen LogP contribution is -2.26. The van der Waals surface area contributed by atoms with Gasteiger partial charge in [-0.1, -0.05) is 0 Å². The minimum Gasteiger partial charge on any atom is -0.349 e. The van der Waals surface area contributed by atoms with E-state index in [2.05, 4.69) is 15.0 Å². The van der Waals surface area contributed by atoms with E-state index in [0.29, 0.717) is 6.54 Å². The molecule has 0 fully saturated rings. The Morgan fingerprint density at radius 1 is 1.48 bits per heavy atom. The minimum atomic E-state index is -3.55. The molecule has 0 saturated carbocycles. The fourth-order valence-corrected chi connectivity index (χ4v) is 4.09. The zero-order valence-electron chi connectivity index (χ0n) is 12.3. The third kappa shape index (κ3) is 3.70. The summed E-state index contributed by atoms with van der Waals surface area (Å²) >= 11 is 1.43. The van der Waals surface area contributed by atoms with E-state index in [-0.39, 0.29) is 10.9 Å². The second kappa shape index (κ2) is 6.69. The molecule has 2 heterocycles. The van der Waals surface area contributed by atoms with E-state index < -0.39 is 10.0 Å². The average molecular weight is 328 g/mol. The number of sulfonamides is 1. The summed E-state index contributed by atoms with van der Waals surface area (Å²) in [5, 5.41) is 5.63. The van der Waals surface area contributed by atoms with Crippen LogP contribution in [0.2, 0.25) is 0 Å². The highest BCUT2D eigenvalue weighted by Gasteiger charge is 2.22. The molecule has 0 aliphatic carbocycles. The predicted octanol–water partition coefficient (Wildman–Crippen LogP) is 1.72. The second-order valence-electron chi connectivity index (χ2n) is 4.70. The third-order valence-corrected chi connectivity index (χ3v) is 5.59. The smallest absolute Gasteiger partial charge is 0.242 e. The lowest BCUT2D eigenvalue weighted by molar-refractivity contribution is 0.566. The Morgan fingerprint density at radius 3 is 2.81 bits per heavy atom. The van der Waals surface area contributed by atoms with Crippen molar-refractivity contribution in [3.05, 3.63) is 34.5 Å². The molecule has 2 rings (SSSR count). The normalized spacial score (nSPS) is 13.5. The molecule has 0 amide bonds. The van der Waals surface area contributed by atoms with Crippen LogP contribution in [0.4, 0.5) is 0 Å². The molecule has 0 aliphatic rings. The van der Waals surface area contributed by atoms with Gasteiger partial charge in [0.1, 0.15) is 5.01 Å². The van der Waals surface area contributed by atoms with Gasteiger partial charge in [0.25, 0.3) is 0 Å². The van der Waals surface area contributed by atoms with Crippen LogP contribution in [0, 0.1) is 0 Å². The fourth-order valence-electron chi connectivity index (χ4n) is 2.10. The quantitative estimate of drug-likeness (QED) is 0.811. The molecule has 21 heavy (non-hydrogen) atoms. The van der Waals surface area contributed by atoms with Crippen molar-refractivity contribution in [1.29, 1.82) is 0 Å². The number of hydrogen-bond donors (Lipinski definition) is 2. The molecule has 0 aliphatic heterocycles. The minimum absolute atomic E-state index is 0.290. The Bertz CT molecular complexity index is 677. The van der Waals surface area contributed by atoms with E-state index in [1.807, 2.05) is 23.9 Å². The molecule has 1 unspecified atom stereocenters. The largest absolute Gasteiger partial charge is 0.349 e. The number of rotatable bonds is 7. The summed E-state index contributed by atoms with van der Waals surface area (Å²) in [7, 11) is -1.71. The van der Waals surface area contributed by atoms with Crippen molar-refractivity contribution in [1.82, 2.24) is 19.6 Å². The average Bonchev–Trinajstić information content (AvgIpc) is 3.08. The van der Waals surface area contributed by atoms with Crippen molar-refractivity contribution < 1.29 is 8.42 Å². The van der Waals surface area contributed by atoms with Crippen LogP contribution in [0.3, 0.4) is 0 Å². The summed E-state index contributed by atoms with van der Waals surface area (Å²) in [6.07, 6.45) is 3.34. The summed E-state index contributed by atoms with van der Waals surface area (Å²) in [5.41, 5.74) is 0.947. The molecule has 0 radical (unpaired) electrons. The van der Waals surface area contributed by atoms with Gasteiger partial charge in [0.15, 0.2) is 0 Å². The van der Waals surface area contributed by atoms with Gasteiger partial charge in [-0.05, 0) is 27.0 Å². The molecule has 2 N–H and O–H groups in total. The number of aryl methyl sites for hydroxylation is 1. The van der Waals surface area contributed by atoms with Gasteiger partial charge in [-0.2, -0.15) is 0 Å². The van der Waals surface area contributed by atoms with Crippen LogP contribution in [-0.2, 0) is 23.1 Å². The van der Waals surface area contributed by atoms with Gasteiger partial charge in [-0.3, -0.25) is 0 Å². The van der Waals surface area contributed by atoms with Crippen molar-refractivity contribution in [3.63, 3.8) is 0 Å². The molecule has 116 valence electrons. The molecule has 1 atom stereocenters. The predicted molar refractivity (Wildman–Crippen MR) is 83.7 cm³/mol. The van der Waals surface area contributed by atoms with Gasteiger partial charge in [-0.25, -0.2) is 18.1 Å². The highest BCUT2D eigenvalue weighted by molar-refractivity contribution is 7.89. The van der Waals surface area contributed by atoms with Crippen LogP contribution >= 0.6 is 11.3 Å². The first-order valence-corrected chi connectivity index (χ1v) is 9.09. The molecule has 8 heteroatoms. The molecule has 2 aromatic heterocycles. The number of nitrogens with zero attached hydrogens (tertiary/aromatic N) is 2. The van der Waals surface area contributed by atoms with E-state index >= 15 is 0 Å². The Labute approximate surface area is 129 Å². The second-order valence-corrected chi connectivity index (χ2v) is 7.34. The molecule has 0 spiro atoms. The van der Waals surface area contributed by atoms with Crippen LogP contribution in [0.15, 0.2) is 28.7 Å². The van der Waals surface area contributed by atoms with E-state index in [1.54, 1.807) is 25.4 Å². The summed E-state index contributed by atoms with van der Waals surface area (Å²) < 4.78 is 29.5. The third-order valence-electron chi connectivity index (χ3n) is 3.12. The number of hydrogen-bond acceptors (Lipinski definition) is 5. The van der Waals surface area contributed by atoms with Gasteiger partial charge in [0, 0.05) is 36.6 Å². The topological polar surface area (TPSA) is 76.0 Å². The molecular weight excluding hydrogens is 308 g/mol. The summed E-state index contributed by atoms with van der Waals surface area (Å²) in [6, 6.07) is 1.37. The number of nitrogens with one attached hydrogen (secondary N) is 2. The first-order valence-electron chi connectivity index (χ1n) is 6.73. The van der Waals surface area contributed by atoms with Gasteiger partial charge in [-0.15, -0.1) is 11.3 Å². The monoisotopic (exact) mass is 328 g/mol. The highest BCUT2D eigenvalue weighted by Crippen LogP contribution is 2.20. The summed E-state index contributed by atoms with van der Waals surface area (Å²) in [4.78, 5) is 4.43. The zero-order chi connectivity index (χ0) is 15.5. The van der Waals surface area contributed by atoms with E-state index in [4.69, 9.17) is 0 Å². The molecule has 0 aromatic carbocycles. The van der Waals surface area contributed by atoms with E-state index in [9.17, 15) is 8.42 Å². The Balaban J connectivity index is 2.23. The van der Waals surface area contributed by atoms with E-state index in [1.165, 1.54) is 11.3 Å². The van der Waals surface area contributed by atoms with Crippen LogP contribution in [-0.4, -0.2) is 25.0 Å². The van der Waals surface area contributed by atoms with Crippen LogP contribution in [0.25, 0.3) is 0 Å². The molecule has 0 bridgehead atoms. The van der Waals surface area contributed by atoms with Crippen molar-refractivity contribution in [2.45, 2.75) is 37.9 Å². The first-order chi connectivity index (χ1) is 9.97. The Hall–Kier alpha value is -1.22. The lowest BCUT2D eigenvalue weighted by Gasteiger charge is -2.10. The maximum absolute atomic E-state index is 12.5.